The summed E-state index contributed by atoms with van der Waals surface area (Å²) in [6.45, 7) is 8.51. The summed E-state index contributed by atoms with van der Waals surface area (Å²) in [6, 6.07) is 0. The van der Waals surface area contributed by atoms with Crippen LogP contribution in [0.2, 0.25) is 0 Å². The van der Waals surface area contributed by atoms with Gasteiger partial charge in [0.1, 0.15) is 0 Å². The zero-order valence-corrected chi connectivity index (χ0v) is 15.0. The largest absolute Gasteiger partial charge is 0.379 e. The van der Waals surface area contributed by atoms with Gasteiger partial charge in [-0.3, -0.25) is 24.3 Å². The smallest absolute Gasteiger partial charge is 0.273 e. The normalized spacial score (nSPS) is 15.6. The van der Waals surface area contributed by atoms with Gasteiger partial charge in [-0.05, 0) is 25.0 Å². The summed E-state index contributed by atoms with van der Waals surface area (Å²) < 4.78 is 6.93. The summed E-state index contributed by atoms with van der Waals surface area (Å²) in [4.78, 5) is 31.2. The molecule has 0 aliphatic carbocycles. The van der Waals surface area contributed by atoms with Crippen LogP contribution >= 0.6 is 0 Å². The third-order valence-electron chi connectivity index (χ3n) is 4.77. The van der Waals surface area contributed by atoms with Crippen LogP contribution in [0, 0.1) is 13.8 Å². The van der Waals surface area contributed by atoms with Gasteiger partial charge in [0.2, 0.25) is 5.91 Å². The van der Waals surface area contributed by atoms with Crippen molar-refractivity contribution in [2.45, 2.75) is 20.3 Å². The van der Waals surface area contributed by atoms with E-state index in [2.05, 4.69) is 20.3 Å². The molecule has 1 fully saturated rings. The molecule has 0 aromatic carbocycles. The van der Waals surface area contributed by atoms with E-state index in [0.29, 0.717) is 17.6 Å². The number of ether oxygens (including phenoxy) is 1. The Morgan fingerprint density at radius 1 is 1.32 bits per heavy atom. The van der Waals surface area contributed by atoms with Crippen molar-refractivity contribution in [1.29, 1.82) is 0 Å². The van der Waals surface area contributed by atoms with E-state index in [4.69, 9.17) is 4.74 Å². The van der Waals surface area contributed by atoms with Crippen molar-refractivity contribution in [3.63, 3.8) is 0 Å². The minimum Gasteiger partial charge on any atom is -0.379 e. The van der Waals surface area contributed by atoms with Crippen molar-refractivity contribution >= 4 is 16.9 Å². The Morgan fingerprint density at radius 2 is 2.04 bits per heavy atom. The number of fused-ring (bicyclic) bond motifs is 1. The van der Waals surface area contributed by atoms with Gasteiger partial charge >= 0.3 is 0 Å². The summed E-state index contributed by atoms with van der Waals surface area (Å²) in [5, 5.41) is 6.24. The van der Waals surface area contributed by atoms with Crippen molar-refractivity contribution < 1.29 is 9.53 Å². The maximum Gasteiger partial charge on any atom is 0.273 e. The highest BCUT2D eigenvalue weighted by Gasteiger charge is 2.17. The van der Waals surface area contributed by atoms with Gasteiger partial charge in [0.15, 0.2) is 5.65 Å². The van der Waals surface area contributed by atoms with Gasteiger partial charge in [0, 0.05) is 38.9 Å². The summed E-state index contributed by atoms with van der Waals surface area (Å²) in [6.07, 6.45) is 0.234. The van der Waals surface area contributed by atoms with Crippen LogP contribution in [0.15, 0.2) is 4.79 Å². The number of hydrogen-bond donors (Lipinski definition) is 2. The standard InChI is InChI=1S/C17H25N5O3/c1-11-13(12(2)19-16-15(11)17(24)20-21(16)3)10-14(23)18-4-5-22-6-8-25-9-7-22/h4-10H2,1-3H3,(H,18,23)(H,20,24). The molecule has 2 aromatic rings. The molecule has 0 saturated carbocycles. The molecule has 1 aliphatic rings. The SMILES string of the molecule is Cc1nc2c(c(C)c1CC(=O)NCCN1CCOCC1)c(=O)[nH]n2C. The van der Waals surface area contributed by atoms with Gasteiger partial charge in [-0.2, -0.15) is 0 Å². The molecule has 25 heavy (non-hydrogen) atoms. The lowest BCUT2D eigenvalue weighted by molar-refractivity contribution is -0.120. The minimum absolute atomic E-state index is 0.0482. The number of morpholine rings is 1. The topological polar surface area (TPSA) is 92.2 Å². The van der Waals surface area contributed by atoms with E-state index < -0.39 is 0 Å². The van der Waals surface area contributed by atoms with Crippen molar-refractivity contribution in [3.05, 3.63) is 27.2 Å². The van der Waals surface area contributed by atoms with Crippen LogP contribution in [0.4, 0.5) is 0 Å². The minimum atomic E-state index is -0.170. The maximum atomic E-state index is 12.3. The number of amides is 1. The van der Waals surface area contributed by atoms with Crippen molar-refractivity contribution in [3.8, 4) is 0 Å². The van der Waals surface area contributed by atoms with Crippen LogP contribution in [0.25, 0.3) is 11.0 Å². The zero-order valence-electron chi connectivity index (χ0n) is 15.0. The molecule has 0 radical (unpaired) electrons. The predicted octanol–water partition coefficient (Wildman–Crippen LogP) is -0.131. The van der Waals surface area contributed by atoms with Gasteiger partial charge in [-0.1, -0.05) is 0 Å². The molecular formula is C17H25N5O3. The molecule has 0 unspecified atom stereocenters. The fraction of sp³-hybridized carbons (Fsp3) is 0.588. The Labute approximate surface area is 146 Å². The number of nitrogens with zero attached hydrogens (tertiary/aromatic N) is 3. The van der Waals surface area contributed by atoms with Gasteiger partial charge in [-0.15, -0.1) is 0 Å². The first-order valence-corrected chi connectivity index (χ1v) is 8.59. The molecule has 1 amide bonds. The third-order valence-corrected chi connectivity index (χ3v) is 4.77. The van der Waals surface area contributed by atoms with E-state index in [1.807, 2.05) is 13.8 Å². The van der Waals surface area contributed by atoms with Gasteiger partial charge < -0.3 is 10.1 Å². The lowest BCUT2D eigenvalue weighted by atomic mass is 10.0. The first-order chi connectivity index (χ1) is 12.0. The van der Waals surface area contributed by atoms with Crippen LogP contribution in [0.1, 0.15) is 16.8 Å². The molecule has 8 nitrogen and oxygen atoms in total. The molecule has 2 aromatic heterocycles. The van der Waals surface area contributed by atoms with Crippen LogP contribution in [-0.2, 0) is 23.0 Å². The highest BCUT2D eigenvalue weighted by molar-refractivity contribution is 5.84. The number of aryl methyl sites for hydroxylation is 3. The second-order valence-electron chi connectivity index (χ2n) is 6.48. The number of pyridine rings is 1. The summed E-state index contributed by atoms with van der Waals surface area (Å²) in [5.41, 5.74) is 2.89. The number of hydrogen-bond acceptors (Lipinski definition) is 5. The number of carbonyl (C=O) groups excluding carboxylic acids is 1. The second kappa shape index (κ2) is 7.37. The summed E-state index contributed by atoms with van der Waals surface area (Å²) >= 11 is 0. The average Bonchev–Trinajstić information content (AvgIpc) is 2.86. The number of aromatic nitrogens is 3. The Hall–Kier alpha value is -2.19. The molecular weight excluding hydrogens is 322 g/mol. The van der Waals surface area contributed by atoms with E-state index in [0.717, 1.165) is 49.7 Å². The Morgan fingerprint density at radius 3 is 2.76 bits per heavy atom. The van der Waals surface area contributed by atoms with Gasteiger partial charge in [0.25, 0.3) is 5.56 Å². The Bertz CT molecular complexity index is 833. The molecule has 136 valence electrons. The molecule has 8 heteroatoms. The average molecular weight is 347 g/mol. The monoisotopic (exact) mass is 347 g/mol. The van der Waals surface area contributed by atoms with Crippen LogP contribution in [0.3, 0.4) is 0 Å². The number of H-pyrrole nitrogens is 1. The summed E-state index contributed by atoms with van der Waals surface area (Å²) in [5.74, 6) is -0.0482. The first-order valence-electron chi connectivity index (χ1n) is 8.59. The number of carbonyl (C=O) groups is 1. The van der Waals surface area contributed by atoms with E-state index in [1.165, 1.54) is 0 Å². The van der Waals surface area contributed by atoms with Crippen LogP contribution in [-0.4, -0.2) is 65.0 Å². The quantitative estimate of drug-likeness (QED) is 0.786. The van der Waals surface area contributed by atoms with Gasteiger partial charge in [-0.25, -0.2) is 4.98 Å². The number of aromatic amines is 1. The fourth-order valence-corrected chi connectivity index (χ4v) is 3.31. The van der Waals surface area contributed by atoms with Crippen molar-refractivity contribution in [1.82, 2.24) is 25.0 Å². The maximum absolute atomic E-state index is 12.3. The fourth-order valence-electron chi connectivity index (χ4n) is 3.31. The molecule has 0 atom stereocenters. The lowest BCUT2D eigenvalue weighted by Gasteiger charge is -2.26. The number of nitrogens with one attached hydrogen (secondary N) is 2. The predicted molar refractivity (Wildman–Crippen MR) is 94.8 cm³/mol. The molecule has 0 bridgehead atoms. The van der Waals surface area contributed by atoms with Gasteiger partial charge in [0.05, 0.1) is 25.0 Å². The third kappa shape index (κ3) is 3.74. The van der Waals surface area contributed by atoms with E-state index in [-0.39, 0.29) is 17.9 Å². The molecule has 3 rings (SSSR count). The first kappa shape index (κ1) is 17.6. The van der Waals surface area contributed by atoms with Crippen molar-refractivity contribution in [2.24, 2.45) is 7.05 Å². The Kier molecular flexibility index (Phi) is 5.19. The molecule has 1 aliphatic heterocycles. The number of rotatable bonds is 5. The lowest BCUT2D eigenvalue weighted by Crippen LogP contribution is -2.41. The molecule has 0 spiro atoms. The molecule has 2 N–H and O–H groups in total. The highest BCUT2D eigenvalue weighted by atomic mass is 16.5. The highest BCUT2D eigenvalue weighted by Crippen LogP contribution is 2.20. The van der Waals surface area contributed by atoms with E-state index in [1.54, 1.807) is 11.7 Å². The zero-order chi connectivity index (χ0) is 18.0. The second-order valence-corrected chi connectivity index (χ2v) is 6.48. The van der Waals surface area contributed by atoms with Crippen molar-refractivity contribution in [2.75, 3.05) is 39.4 Å². The van der Waals surface area contributed by atoms with E-state index >= 15 is 0 Å². The van der Waals surface area contributed by atoms with Crippen LogP contribution in [0.5, 0.6) is 0 Å². The molecule has 1 saturated heterocycles. The summed E-state index contributed by atoms with van der Waals surface area (Å²) in [7, 11) is 1.76. The molecule has 3 heterocycles. The van der Waals surface area contributed by atoms with Crippen LogP contribution < -0.4 is 10.9 Å². The van der Waals surface area contributed by atoms with E-state index in [9.17, 15) is 9.59 Å². The Balaban J connectivity index is 1.66.